The number of hydrogen-bond acceptors (Lipinski definition) is 2. The summed E-state index contributed by atoms with van der Waals surface area (Å²) in [4.78, 5) is 15.2. The summed E-state index contributed by atoms with van der Waals surface area (Å²) in [6.07, 6.45) is 4.56. The summed E-state index contributed by atoms with van der Waals surface area (Å²) in [6.45, 7) is 0. The van der Waals surface area contributed by atoms with Crippen LogP contribution in [0.1, 0.15) is 46.8 Å². The van der Waals surface area contributed by atoms with Gasteiger partial charge in [-0.25, -0.2) is 0 Å². The third-order valence-corrected chi connectivity index (χ3v) is 5.43. The summed E-state index contributed by atoms with van der Waals surface area (Å²) in [5, 5.41) is 1.97. The second kappa shape index (κ2) is 6.44. The van der Waals surface area contributed by atoms with Crippen LogP contribution in [0.2, 0.25) is 0 Å². The van der Waals surface area contributed by atoms with E-state index in [-0.39, 0.29) is 5.91 Å². The van der Waals surface area contributed by atoms with Gasteiger partial charge in [0, 0.05) is 13.1 Å². The number of amides is 1. The van der Waals surface area contributed by atoms with Crippen LogP contribution in [0.5, 0.6) is 0 Å². The highest BCUT2D eigenvalue weighted by Gasteiger charge is 2.27. The second-order valence-corrected chi connectivity index (χ2v) is 6.76. The molecule has 1 heterocycles. The van der Waals surface area contributed by atoms with E-state index < -0.39 is 0 Å². The lowest BCUT2D eigenvalue weighted by molar-refractivity contribution is 0.0694. The van der Waals surface area contributed by atoms with Crippen LogP contribution < -0.4 is 0 Å². The van der Waals surface area contributed by atoms with Crippen LogP contribution in [0.15, 0.2) is 47.8 Å². The van der Waals surface area contributed by atoms with Crippen molar-refractivity contribution in [3.8, 4) is 0 Å². The first-order chi connectivity index (χ1) is 10.3. The fourth-order valence-corrected chi connectivity index (χ4v) is 3.97. The fourth-order valence-electron chi connectivity index (χ4n) is 3.26. The van der Waals surface area contributed by atoms with Crippen LogP contribution in [0.25, 0.3) is 0 Å². The molecule has 1 aliphatic carbocycles. The molecule has 0 aliphatic heterocycles. The number of thiophene rings is 1. The molecule has 1 fully saturated rings. The Labute approximate surface area is 130 Å². The van der Waals surface area contributed by atoms with Crippen LogP contribution in [-0.2, 0) is 0 Å². The molecular weight excluding hydrogens is 278 g/mol. The molecule has 2 nitrogen and oxygen atoms in total. The van der Waals surface area contributed by atoms with Crippen molar-refractivity contribution in [1.29, 1.82) is 0 Å². The van der Waals surface area contributed by atoms with Gasteiger partial charge in [-0.1, -0.05) is 36.4 Å². The third-order valence-electron chi connectivity index (χ3n) is 4.57. The molecule has 0 spiro atoms. The van der Waals surface area contributed by atoms with Gasteiger partial charge < -0.3 is 4.90 Å². The largest absolute Gasteiger partial charge is 0.338 e. The fraction of sp³-hybridized carbons (Fsp3) is 0.389. The van der Waals surface area contributed by atoms with Crippen molar-refractivity contribution in [3.63, 3.8) is 0 Å². The smallest absolute Gasteiger partial charge is 0.263 e. The van der Waals surface area contributed by atoms with Gasteiger partial charge >= 0.3 is 0 Å². The second-order valence-electron chi connectivity index (χ2n) is 5.81. The molecule has 1 amide bonds. The van der Waals surface area contributed by atoms with E-state index in [1.165, 1.54) is 29.7 Å². The summed E-state index contributed by atoms with van der Waals surface area (Å²) in [7, 11) is 1.95. The van der Waals surface area contributed by atoms with Crippen molar-refractivity contribution < 1.29 is 4.79 Å². The van der Waals surface area contributed by atoms with Gasteiger partial charge in [-0.05, 0) is 48.6 Å². The highest BCUT2D eigenvalue weighted by Crippen LogP contribution is 2.34. The third kappa shape index (κ3) is 3.18. The first-order valence-electron chi connectivity index (χ1n) is 7.61. The summed E-state index contributed by atoms with van der Waals surface area (Å²) in [5.74, 6) is 0.834. The minimum atomic E-state index is 0.174. The van der Waals surface area contributed by atoms with Crippen LogP contribution in [0.4, 0.5) is 0 Å². The van der Waals surface area contributed by atoms with Crippen molar-refractivity contribution in [2.45, 2.75) is 37.6 Å². The van der Waals surface area contributed by atoms with E-state index in [9.17, 15) is 4.79 Å². The predicted octanol–water partition coefficient (Wildman–Crippen LogP) is 4.55. The first-order valence-corrected chi connectivity index (χ1v) is 8.49. The molecule has 1 aliphatic rings. The molecule has 0 bridgehead atoms. The van der Waals surface area contributed by atoms with Crippen molar-refractivity contribution in [1.82, 2.24) is 4.90 Å². The molecule has 2 aromatic rings. The van der Waals surface area contributed by atoms with Crippen LogP contribution in [0, 0.1) is 0 Å². The maximum atomic E-state index is 12.4. The lowest BCUT2D eigenvalue weighted by atomic mass is 9.81. The Hall–Kier alpha value is -1.61. The lowest BCUT2D eigenvalue weighted by Gasteiger charge is -2.34. The van der Waals surface area contributed by atoms with Gasteiger partial charge in [0.2, 0.25) is 0 Å². The minimum absolute atomic E-state index is 0.174. The molecule has 1 aromatic carbocycles. The molecule has 3 heteroatoms. The number of hydrogen-bond donors (Lipinski definition) is 0. The van der Waals surface area contributed by atoms with Gasteiger partial charge in [0.25, 0.3) is 5.91 Å². The monoisotopic (exact) mass is 299 g/mol. The Morgan fingerprint density at radius 2 is 1.76 bits per heavy atom. The molecule has 0 atom stereocenters. The highest BCUT2D eigenvalue weighted by atomic mass is 32.1. The van der Waals surface area contributed by atoms with Crippen LogP contribution in [-0.4, -0.2) is 23.9 Å². The van der Waals surface area contributed by atoms with Gasteiger partial charge in [0.05, 0.1) is 4.88 Å². The van der Waals surface area contributed by atoms with Crippen LogP contribution >= 0.6 is 11.3 Å². The van der Waals surface area contributed by atoms with Gasteiger partial charge in [0.1, 0.15) is 0 Å². The van der Waals surface area contributed by atoms with Crippen molar-refractivity contribution in [3.05, 3.63) is 58.3 Å². The quantitative estimate of drug-likeness (QED) is 0.814. The summed E-state index contributed by atoms with van der Waals surface area (Å²) in [5.41, 5.74) is 1.45. The number of nitrogens with zero attached hydrogens (tertiary/aromatic N) is 1. The Bertz CT molecular complexity index is 571. The lowest BCUT2D eigenvalue weighted by Crippen LogP contribution is -2.38. The number of carbonyl (C=O) groups is 1. The van der Waals surface area contributed by atoms with Crippen molar-refractivity contribution >= 4 is 17.2 Å². The average Bonchev–Trinajstić information content (AvgIpc) is 3.09. The molecule has 0 radical (unpaired) electrons. The molecule has 110 valence electrons. The normalized spacial score (nSPS) is 22.0. The molecular formula is C18H21NOS. The molecule has 21 heavy (non-hydrogen) atoms. The van der Waals surface area contributed by atoms with Gasteiger partial charge in [-0.2, -0.15) is 0 Å². The van der Waals surface area contributed by atoms with Crippen molar-refractivity contribution in [2.75, 3.05) is 7.05 Å². The van der Waals surface area contributed by atoms with E-state index in [4.69, 9.17) is 0 Å². The zero-order valence-electron chi connectivity index (χ0n) is 12.4. The van der Waals surface area contributed by atoms with E-state index in [0.717, 1.165) is 17.7 Å². The standard InChI is InChI=1S/C18H21NOS/c1-19(18(20)17-8-5-13-21-17)16-11-9-15(10-12-16)14-6-3-2-4-7-14/h2-8,13,15-16H,9-12H2,1H3. The Kier molecular flexibility index (Phi) is 4.39. The van der Waals surface area contributed by atoms with E-state index in [0.29, 0.717) is 12.0 Å². The SMILES string of the molecule is CN(C(=O)c1cccs1)C1CCC(c2ccccc2)CC1. The highest BCUT2D eigenvalue weighted by molar-refractivity contribution is 7.12. The maximum absolute atomic E-state index is 12.4. The minimum Gasteiger partial charge on any atom is -0.338 e. The number of benzene rings is 1. The Balaban J connectivity index is 1.59. The summed E-state index contributed by atoms with van der Waals surface area (Å²) >= 11 is 1.53. The van der Waals surface area contributed by atoms with Crippen LogP contribution in [0.3, 0.4) is 0 Å². The predicted molar refractivity (Wildman–Crippen MR) is 87.9 cm³/mol. The van der Waals surface area contributed by atoms with E-state index >= 15 is 0 Å². The molecule has 0 saturated heterocycles. The first kappa shape index (κ1) is 14.3. The summed E-state index contributed by atoms with van der Waals surface area (Å²) in [6, 6.07) is 15.0. The van der Waals surface area contributed by atoms with E-state index in [1.807, 2.05) is 29.5 Å². The molecule has 0 N–H and O–H groups in total. The molecule has 1 saturated carbocycles. The Morgan fingerprint density at radius 1 is 1.05 bits per heavy atom. The van der Waals surface area contributed by atoms with E-state index in [2.05, 4.69) is 30.3 Å². The molecule has 0 unspecified atom stereocenters. The number of carbonyl (C=O) groups excluding carboxylic acids is 1. The van der Waals surface area contributed by atoms with Crippen molar-refractivity contribution in [2.24, 2.45) is 0 Å². The zero-order valence-corrected chi connectivity index (χ0v) is 13.2. The topological polar surface area (TPSA) is 20.3 Å². The molecule has 3 rings (SSSR count). The van der Waals surface area contributed by atoms with Gasteiger partial charge in [-0.3, -0.25) is 4.79 Å². The zero-order chi connectivity index (χ0) is 14.7. The molecule has 1 aromatic heterocycles. The maximum Gasteiger partial charge on any atom is 0.263 e. The van der Waals surface area contributed by atoms with Gasteiger partial charge in [-0.15, -0.1) is 11.3 Å². The Morgan fingerprint density at radius 3 is 2.38 bits per heavy atom. The van der Waals surface area contributed by atoms with Gasteiger partial charge in [0.15, 0.2) is 0 Å². The average molecular weight is 299 g/mol. The summed E-state index contributed by atoms with van der Waals surface area (Å²) < 4.78 is 0. The van der Waals surface area contributed by atoms with E-state index in [1.54, 1.807) is 0 Å². The number of rotatable bonds is 3.